The molecule has 1 atom stereocenters. The zero-order chi connectivity index (χ0) is 13.8. The number of alkyl halides is 2. The monoisotopic (exact) mass is 274 g/mol. The lowest BCUT2D eigenvalue weighted by molar-refractivity contribution is 0.0180. The second kappa shape index (κ2) is 6.25. The summed E-state index contributed by atoms with van der Waals surface area (Å²) in [6.45, 7) is 2.46. The smallest absolute Gasteiger partial charge is 0.258 e. The molecule has 0 aromatic heterocycles. The van der Waals surface area contributed by atoms with Crippen molar-refractivity contribution in [3.8, 4) is 5.75 Å². The largest absolute Gasteiger partial charge is 0.494 e. The van der Waals surface area contributed by atoms with Crippen LogP contribution in [0.3, 0.4) is 0 Å². The van der Waals surface area contributed by atoms with Gasteiger partial charge in [0.25, 0.3) is 6.43 Å². The van der Waals surface area contributed by atoms with Gasteiger partial charge in [-0.25, -0.2) is 13.2 Å². The highest BCUT2D eigenvalue weighted by Gasteiger charge is 2.30. The second-order valence-electron chi connectivity index (χ2n) is 4.46. The Balaban J connectivity index is 2.27. The molecular formula is C13H17F3N2O. The summed E-state index contributed by atoms with van der Waals surface area (Å²) in [5.74, 6) is -0.544. The van der Waals surface area contributed by atoms with E-state index in [1.807, 2.05) is 0 Å². The van der Waals surface area contributed by atoms with E-state index >= 15 is 0 Å². The molecule has 0 radical (unpaired) electrons. The third-order valence-corrected chi connectivity index (χ3v) is 3.30. The molecule has 0 spiro atoms. The summed E-state index contributed by atoms with van der Waals surface area (Å²) < 4.78 is 44.8. The van der Waals surface area contributed by atoms with Crippen molar-refractivity contribution in [1.82, 2.24) is 10.2 Å². The van der Waals surface area contributed by atoms with Crippen LogP contribution >= 0.6 is 0 Å². The van der Waals surface area contributed by atoms with Crippen LogP contribution in [0.15, 0.2) is 18.2 Å². The number of rotatable bonds is 4. The van der Waals surface area contributed by atoms with Crippen LogP contribution in [-0.2, 0) is 0 Å². The normalized spacial score (nSPS) is 18.6. The van der Waals surface area contributed by atoms with Crippen molar-refractivity contribution < 1.29 is 17.9 Å². The zero-order valence-corrected chi connectivity index (χ0v) is 10.7. The highest BCUT2D eigenvalue weighted by atomic mass is 19.3. The van der Waals surface area contributed by atoms with Crippen molar-refractivity contribution in [2.45, 2.75) is 12.5 Å². The van der Waals surface area contributed by atoms with Crippen LogP contribution in [-0.4, -0.2) is 44.6 Å². The Morgan fingerprint density at radius 1 is 1.26 bits per heavy atom. The summed E-state index contributed by atoms with van der Waals surface area (Å²) in [7, 11) is 1.32. The fraction of sp³-hybridized carbons (Fsp3) is 0.538. The maximum absolute atomic E-state index is 13.3. The van der Waals surface area contributed by atoms with Gasteiger partial charge in [0, 0.05) is 26.2 Å². The summed E-state index contributed by atoms with van der Waals surface area (Å²) in [6, 6.07) is 2.91. The fourth-order valence-electron chi connectivity index (χ4n) is 2.34. The van der Waals surface area contributed by atoms with Crippen LogP contribution in [0.1, 0.15) is 11.6 Å². The predicted octanol–water partition coefficient (Wildman–Crippen LogP) is 2.05. The van der Waals surface area contributed by atoms with Crippen LogP contribution in [0.5, 0.6) is 5.75 Å². The molecule has 1 heterocycles. The molecule has 1 aromatic carbocycles. The molecule has 2 rings (SSSR count). The van der Waals surface area contributed by atoms with Gasteiger partial charge < -0.3 is 10.1 Å². The zero-order valence-electron chi connectivity index (χ0n) is 10.7. The molecule has 0 saturated carbocycles. The Morgan fingerprint density at radius 2 is 1.95 bits per heavy atom. The minimum Gasteiger partial charge on any atom is -0.494 e. The van der Waals surface area contributed by atoms with Crippen LogP contribution < -0.4 is 10.1 Å². The Kier molecular flexibility index (Phi) is 4.66. The lowest BCUT2D eigenvalue weighted by Gasteiger charge is -2.34. The summed E-state index contributed by atoms with van der Waals surface area (Å²) in [5.41, 5.74) is 0.384. The number of nitrogens with zero attached hydrogens (tertiary/aromatic N) is 1. The molecule has 3 nitrogen and oxygen atoms in total. The number of methoxy groups -OCH3 is 1. The molecule has 0 amide bonds. The lowest BCUT2D eigenvalue weighted by Crippen LogP contribution is -2.46. The van der Waals surface area contributed by atoms with E-state index in [0.717, 1.165) is 0 Å². The summed E-state index contributed by atoms with van der Waals surface area (Å²) >= 11 is 0. The number of nitrogens with one attached hydrogen (secondary N) is 1. The molecule has 1 aromatic rings. The molecule has 19 heavy (non-hydrogen) atoms. The van der Waals surface area contributed by atoms with E-state index in [9.17, 15) is 13.2 Å². The molecule has 1 fully saturated rings. The van der Waals surface area contributed by atoms with E-state index in [4.69, 9.17) is 4.74 Å². The van der Waals surface area contributed by atoms with Crippen LogP contribution in [0.2, 0.25) is 0 Å². The summed E-state index contributed by atoms with van der Waals surface area (Å²) in [6.07, 6.45) is -2.52. The first-order valence-corrected chi connectivity index (χ1v) is 6.20. The molecule has 1 aliphatic heterocycles. The standard InChI is InChI=1S/C13H17F3N2O/c1-19-11-8-9(2-3-10(11)14)12(13(15)16)18-6-4-17-5-7-18/h2-3,8,12-13,17H,4-7H2,1H3/t12-/m0/s1. The van der Waals surface area contributed by atoms with Crippen molar-refractivity contribution in [1.29, 1.82) is 0 Å². The molecule has 1 saturated heterocycles. The number of ether oxygens (including phenoxy) is 1. The average Bonchev–Trinajstić information content (AvgIpc) is 2.41. The van der Waals surface area contributed by atoms with Crippen molar-refractivity contribution in [3.05, 3.63) is 29.6 Å². The van der Waals surface area contributed by atoms with E-state index in [1.54, 1.807) is 4.90 Å². The first kappa shape index (κ1) is 14.1. The SMILES string of the molecule is COc1cc([C@@H](C(F)F)N2CCNCC2)ccc1F. The Bertz CT molecular complexity index is 422. The van der Waals surface area contributed by atoms with E-state index < -0.39 is 18.3 Å². The Labute approximate surface area is 110 Å². The molecule has 1 N–H and O–H groups in total. The van der Waals surface area contributed by atoms with Crippen LogP contribution in [0, 0.1) is 5.82 Å². The Morgan fingerprint density at radius 3 is 2.53 bits per heavy atom. The third-order valence-electron chi connectivity index (χ3n) is 3.30. The van der Waals surface area contributed by atoms with Crippen molar-refractivity contribution >= 4 is 0 Å². The van der Waals surface area contributed by atoms with Gasteiger partial charge >= 0.3 is 0 Å². The van der Waals surface area contributed by atoms with Gasteiger partial charge in [-0.3, -0.25) is 4.90 Å². The van der Waals surface area contributed by atoms with Gasteiger partial charge in [0.15, 0.2) is 11.6 Å². The van der Waals surface area contributed by atoms with Gasteiger partial charge in [-0.15, -0.1) is 0 Å². The van der Waals surface area contributed by atoms with Gasteiger partial charge in [-0.2, -0.15) is 0 Å². The molecule has 106 valence electrons. The Hall–Kier alpha value is -1.27. The van der Waals surface area contributed by atoms with Crippen molar-refractivity contribution in [3.63, 3.8) is 0 Å². The first-order valence-electron chi connectivity index (χ1n) is 6.20. The second-order valence-corrected chi connectivity index (χ2v) is 4.46. The molecule has 0 unspecified atom stereocenters. The van der Waals surface area contributed by atoms with Gasteiger partial charge in [0.2, 0.25) is 0 Å². The minimum absolute atomic E-state index is 0.00159. The maximum Gasteiger partial charge on any atom is 0.258 e. The first-order chi connectivity index (χ1) is 9.13. The predicted molar refractivity (Wildman–Crippen MR) is 66.1 cm³/mol. The highest BCUT2D eigenvalue weighted by molar-refractivity contribution is 5.32. The summed E-state index contributed by atoms with van der Waals surface area (Å²) in [4.78, 5) is 1.72. The van der Waals surface area contributed by atoms with Crippen LogP contribution in [0.25, 0.3) is 0 Å². The van der Waals surface area contributed by atoms with Gasteiger partial charge in [0.1, 0.15) is 0 Å². The van der Waals surface area contributed by atoms with Crippen molar-refractivity contribution in [2.75, 3.05) is 33.3 Å². The van der Waals surface area contributed by atoms with Crippen molar-refractivity contribution in [2.24, 2.45) is 0 Å². The van der Waals surface area contributed by atoms with E-state index in [2.05, 4.69) is 5.32 Å². The summed E-state index contributed by atoms with van der Waals surface area (Å²) in [5, 5.41) is 3.12. The van der Waals surface area contributed by atoms with Gasteiger partial charge in [-0.05, 0) is 17.7 Å². The van der Waals surface area contributed by atoms with E-state index in [-0.39, 0.29) is 5.75 Å². The molecule has 0 bridgehead atoms. The number of hydrogen-bond acceptors (Lipinski definition) is 3. The fourth-order valence-corrected chi connectivity index (χ4v) is 2.34. The average molecular weight is 274 g/mol. The topological polar surface area (TPSA) is 24.5 Å². The maximum atomic E-state index is 13.3. The highest BCUT2D eigenvalue weighted by Crippen LogP contribution is 2.31. The third kappa shape index (κ3) is 3.19. The minimum atomic E-state index is -2.52. The molecule has 0 aliphatic carbocycles. The number of halogens is 3. The van der Waals surface area contributed by atoms with Crippen LogP contribution in [0.4, 0.5) is 13.2 Å². The van der Waals surface area contributed by atoms with Gasteiger partial charge in [0.05, 0.1) is 13.2 Å². The lowest BCUT2D eigenvalue weighted by atomic mass is 10.0. The quantitative estimate of drug-likeness (QED) is 0.909. The van der Waals surface area contributed by atoms with E-state index in [1.165, 1.54) is 25.3 Å². The number of hydrogen-bond donors (Lipinski definition) is 1. The number of piperazine rings is 1. The molecular weight excluding hydrogens is 257 g/mol. The number of benzene rings is 1. The molecule has 1 aliphatic rings. The molecule has 6 heteroatoms. The van der Waals surface area contributed by atoms with Gasteiger partial charge in [-0.1, -0.05) is 6.07 Å². The van der Waals surface area contributed by atoms with E-state index in [0.29, 0.717) is 31.7 Å².